The third-order valence-corrected chi connectivity index (χ3v) is 15.5. The van der Waals surface area contributed by atoms with Crippen molar-refractivity contribution in [2.75, 3.05) is 0 Å². The van der Waals surface area contributed by atoms with Crippen molar-refractivity contribution in [2.45, 2.75) is 0 Å². The number of hydrogen-bond acceptors (Lipinski definition) is 1. The van der Waals surface area contributed by atoms with Crippen molar-refractivity contribution in [3.8, 4) is 0 Å². The van der Waals surface area contributed by atoms with E-state index in [1.165, 1.54) is 31.8 Å². The Morgan fingerprint density at radius 3 is 0.560 bits per heavy atom. The largest absolute Gasteiger partial charge is 0.577 e. The van der Waals surface area contributed by atoms with E-state index < -0.39 is 14.1 Å². The first-order valence-corrected chi connectivity index (χ1v) is 17.7. The topological polar surface area (TPSA) is 133 Å². The maximum absolute atomic E-state index is 7.50. The van der Waals surface area contributed by atoms with Gasteiger partial charge in [-0.15, -0.1) is 4.17 Å². The number of benzene rings is 6. The predicted octanol–water partition coefficient (Wildman–Crippen LogP) is 6.58. The normalized spacial score (nSPS) is 9.20. The molecule has 10 heteroatoms. The SMILES string of the molecule is [C-]#[O+].[C-]#[O+].[C-]#[O+].[C-]#[O+].[Cr].[N-]=O.c1ccc(P(=[N+]=P(c2ccccc2)(c2ccccc2)c2ccccc2)(c2ccccc2)c2ccccc2)cc1. The number of hydrogen-bond donors (Lipinski definition) is 0. The Hall–Kier alpha value is -5.02. The Morgan fingerprint density at radius 1 is 0.320 bits per heavy atom. The van der Waals surface area contributed by atoms with Crippen molar-refractivity contribution in [3.63, 3.8) is 0 Å². The second kappa shape index (κ2) is 25.9. The van der Waals surface area contributed by atoms with Gasteiger partial charge in [-0.2, -0.15) is 0 Å². The van der Waals surface area contributed by atoms with Gasteiger partial charge in [-0.1, -0.05) is 109 Å². The standard InChI is InChI=1S/C36H30NP2.4CO.Cr.NO/c1-7-19-31(20-8-1)38(32-21-9-2-10-22-32,33-23-11-3-12-24-33)37-39(34-25-13-4-14-26-34,35-27-15-5-16-28-35)36-29-17-6-18-30-36;4*1-2;;1-2/h1-30H;;;;;;/q+1;;;;;;-1. The molecule has 0 aromatic heterocycles. The van der Waals surface area contributed by atoms with Crippen LogP contribution in [-0.4, -0.2) is 0 Å². The van der Waals surface area contributed by atoms with E-state index in [0.717, 1.165) is 0 Å². The molecule has 0 bridgehead atoms. The van der Waals surface area contributed by atoms with Gasteiger partial charge in [0.1, 0.15) is 0 Å². The molecule has 0 radical (unpaired) electrons. The summed E-state index contributed by atoms with van der Waals surface area (Å²) in [5.74, 6) is 0. The van der Waals surface area contributed by atoms with E-state index in [4.69, 9.17) is 33.3 Å². The molecule has 0 N–H and O–H groups in total. The summed E-state index contributed by atoms with van der Waals surface area (Å²) in [4.78, 5) is 7.25. The van der Waals surface area contributed by atoms with Gasteiger partial charge in [-0.25, -0.2) is 0 Å². The van der Waals surface area contributed by atoms with Crippen LogP contribution in [0.3, 0.4) is 0 Å². The molecule has 6 aromatic rings. The van der Waals surface area contributed by atoms with Gasteiger partial charge in [0.15, 0.2) is 0 Å². The number of nitroso groups, excluding NO2 is 1. The van der Waals surface area contributed by atoms with Crippen molar-refractivity contribution in [3.05, 3.63) is 219 Å². The molecule has 0 fully saturated rings. The number of rotatable bonds is 6. The van der Waals surface area contributed by atoms with Crippen molar-refractivity contribution < 1.29 is 36.0 Å². The zero-order valence-electron chi connectivity index (χ0n) is 26.6. The van der Waals surface area contributed by atoms with E-state index in [1.54, 1.807) is 0 Å². The summed E-state index contributed by atoms with van der Waals surface area (Å²) in [6.45, 7) is 18.0. The van der Waals surface area contributed by atoms with Crippen LogP contribution in [-0.2, 0) is 36.0 Å². The second-order valence-electron chi connectivity index (χ2n) is 9.37. The Balaban J connectivity index is 0.00000201. The van der Waals surface area contributed by atoms with Crippen molar-refractivity contribution in [2.24, 2.45) is 0 Å². The zero-order chi connectivity index (χ0) is 36.4. The molecule has 6 rings (SSSR count). The molecule has 0 aliphatic heterocycles. The van der Waals surface area contributed by atoms with E-state index >= 15 is 0 Å². The molecule has 0 aliphatic carbocycles. The quantitative estimate of drug-likeness (QED) is 0.0815. The monoisotopic (exact) mass is 732 g/mol. The zero-order valence-corrected chi connectivity index (χ0v) is 29.6. The van der Waals surface area contributed by atoms with Crippen LogP contribution in [0.25, 0.3) is 5.59 Å². The Bertz CT molecular complexity index is 1640. The van der Waals surface area contributed by atoms with Gasteiger partial charge < -0.3 is 10.5 Å². The summed E-state index contributed by atoms with van der Waals surface area (Å²) >= 11 is 0. The van der Waals surface area contributed by atoms with Gasteiger partial charge in [0.05, 0.1) is 31.8 Å². The van der Waals surface area contributed by atoms with Gasteiger partial charge in [-0.05, 0) is 72.8 Å². The third kappa shape index (κ3) is 10.5. The average molecular weight is 733 g/mol. The van der Waals surface area contributed by atoms with Crippen LogP contribution < -0.4 is 36.0 Å². The molecule has 0 atom stereocenters. The van der Waals surface area contributed by atoms with Crippen LogP contribution >= 0.6 is 14.1 Å². The van der Waals surface area contributed by atoms with Gasteiger partial charge in [0.2, 0.25) is 0 Å². The Morgan fingerprint density at radius 2 is 0.440 bits per heavy atom. The summed E-state index contributed by atoms with van der Waals surface area (Å²) < 4.78 is 36.4. The fraction of sp³-hybridized carbons (Fsp3) is 0. The molecular weight excluding hydrogens is 702 g/mol. The molecule has 0 saturated heterocycles. The fourth-order valence-corrected chi connectivity index (χ4v) is 14.8. The first-order chi connectivity index (χ1) is 24.3. The molecule has 246 valence electrons. The van der Waals surface area contributed by atoms with E-state index in [0.29, 0.717) is 0 Å². The van der Waals surface area contributed by atoms with Crippen LogP contribution in [0.1, 0.15) is 0 Å². The van der Waals surface area contributed by atoms with Crippen molar-refractivity contribution in [1.29, 1.82) is 0 Å². The maximum atomic E-state index is 7.50. The molecule has 0 aliphatic rings. The average Bonchev–Trinajstić information content (AvgIpc) is 3.24. The summed E-state index contributed by atoms with van der Waals surface area (Å²) in [7, 11) is -4.99. The minimum absolute atomic E-state index is 0. The minimum atomic E-state index is -2.50. The third-order valence-electron chi connectivity index (χ3n) is 7.05. The summed E-state index contributed by atoms with van der Waals surface area (Å²) in [6, 6.07) is 65.7. The smallest absolute Gasteiger partial charge is 0.301 e. The fourth-order valence-electron chi connectivity index (χ4n) is 5.27. The van der Waals surface area contributed by atoms with E-state index in [-0.39, 0.29) is 17.4 Å². The molecule has 0 unspecified atom stereocenters. The first kappa shape index (κ1) is 45.0. The van der Waals surface area contributed by atoms with Crippen LogP contribution in [0.5, 0.6) is 0 Å². The minimum Gasteiger partial charge on any atom is -0.577 e. The molecule has 7 nitrogen and oxygen atoms in total. The maximum Gasteiger partial charge on any atom is 0.301 e. The van der Waals surface area contributed by atoms with Gasteiger partial charge in [-0.3, -0.25) is 0 Å². The Kier molecular flexibility index (Phi) is 23.3. The number of nitrogens with zero attached hydrogens (tertiary/aromatic N) is 2. The molecule has 0 heterocycles. The molecule has 0 spiro atoms. The molecule has 0 saturated carbocycles. The molecular formula is C40H30CrN2O5P2. The van der Waals surface area contributed by atoms with E-state index in [9.17, 15) is 0 Å². The van der Waals surface area contributed by atoms with Crippen molar-refractivity contribution >= 4 is 45.9 Å². The predicted molar refractivity (Wildman–Crippen MR) is 195 cm³/mol. The summed E-state index contributed by atoms with van der Waals surface area (Å²) in [5, 5.41) is 7.55. The summed E-state index contributed by atoms with van der Waals surface area (Å²) in [6.07, 6.45) is 0. The van der Waals surface area contributed by atoms with E-state index in [1.807, 2.05) is 0 Å². The Labute approximate surface area is 304 Å². The molecule has 6 aromatic carbocycles. The first-order valence-electron chi connectivity index (χ1n) is 14.2. The van der Waals surface area contributed by atoms with Gasteiger partial charge >= 0.3 is 59.3 Å². The van der Waals surface area contributed by atoms with Crippen LogP contribution in [0.15, 0.2) is 182 Å². The molecule has 0 amide bonds. The van der Waals surface area contributed by atoms with Crippen molar-refractivity contribution in [1.82, 2.24) is 4.17 Å². The second-order valence-corrected chi connectivity index (χ2v) is 15.7. The van der Waals surface area contributed by atoms with Crippen LogP contribution in [0, 0.1) is 31.5 Å². The van der Waals surface area contributed by atoms with Crippen LogP contribution in [0.2, 0.25) is 0 Å². The van der Waals surface area contributed by atoms with Crippen LogP contribution in [0.4, 0.5) is 0 Å². The summed E-state index contributed by atoms with van der Waals surface area (Å²) in [5.41, 5.74) is 5.75. The van der Waals surface area contributed by atoms with Gasteiger partial charge in [0.25, 0.3) is 0 Å². The van der Waals surface area contributed by atoms with E-state index in [2.05, 4.69) is 209 Å². The van der Waals surface area contributed by atoms with Gasteiger partial charge in [0, 0.05) is 17.4 Å². The molecule has 50 heavy (non-hydrogen) atoms.